The lowest BCUT2D eigenvalue weighted by molar-refractivity contribution is -0.0911. The van der Waals surface area contributed by atoms with Crippen molar-refractivity contribution in [2.24, 2.45) is 11.8 Å². The highest BCUT2D eigenvalue weighted by Crippen LogP contribution is 2.42. The Morgan fingerprint density at radius 2 is 2.37 bits per heavy atom. The Labute approximate surface area is 121 Å². The highest BCUT2D eigenvalue weighted by atomic mass is 32.2. The minimum absolute atomic E-state index is 0.125. The number of ether oxygens (including phenoxy) is 2. The molecular weight excluding hydrogens is 260 g/mol. The van der Waals surface area contributed by atoms with E-state index in [2.05, 4.69) is 19.3 Å². The minimum Gasteiger partial charge on any atom is -0.379 e. The smallest absolute Gasteiger partial charge is 0.0783 e. The predicted molar refractivity (Wildman–Crippen MR) is 80.2 cm³/mol. The molecule has 0 saturated carbocycles. The summed E-state index contributed by atoms with van der Waals surface area (Å²) in [7, 11) is 1.77. The first-order chi connectivity index (χ1) is 9.00. The summed E-state index contributed by atoms with van der Waals surface area (Å²) >= 11 is 2.02. The van der Waals surface area contributed by atoms with Crippen LogP contribution in [0.3, 0.4) is 0 Å². The molecule has 0 aromatic carbocycles. The average Bonchev–Trinajstić information content (AvgIpc) is 2.84. The molecule has 112 valence electrons. The third-order valence-corrected chi connectivity index (χ3v) is 5.87. The molecule has 0 aromatic rings. The van der Waals surface area contributed by atoms with Crippen molar-refractivity contribution in [1.29, 1.82) is 0 Å². The van der Waals surface area contributed by atoms with Gasteiger partial charge in [-0.1, -0.05) is 0 Å². The second kappa shape index (κ2) is 6.31. The van der Waals surface area contributed by atoms with Gasteiger partial charge in [0.2, 0.25) is 0 Å². The number of methoxy groups -OCH3 is 1. The number of nitrogens with one attached hydrogen (secondary N) is 1. The number of hydrogen-bond donors (Lipinski definition) is 2. The zero-order valence-corrected chi connectivity index (χ0v) is 13.2. The molecule has 2 aliphatic heterocycles. The summed E-state index contributed by atoms with van der Waals surface area (Å²) in [4.78, 5) is 0. The lowest BCUT2D eigenvalue weighted by Gasteiger charge is -2.42. The molecule has 0 radical (unpaired) electrons. The Hall–Kier alpha value is 0.190. The Morgan fingerprint density at radius 1 is 1.58 bits per heavy atom. The van der Waals surface area contributed by atoms with Gasteiger partial charge in [0.1, 0.15) is 0 Å². The second-order valence-electron chi connectivity index (χ2n) is 6.53. The number of hydrazine groups is 1. The molecule has 2 heterocycles. The Balaban J connectivity index is 1.98. The third kappa shape index (κ3) is 3.85. The van der Waals surface area contributed by atoms with Gasteiger partial charge in [-0.25, -0.2) is 0 Å². The van der Waals surface area contributed by atoms with Crippen LogP contribution in [0.15, 0.2) is 0 Å². The van der Waals surface area contributed by atoms with Crippen LogP contribution in [0.25, 0.3) is 0 Å². The van der Waals surface area contributed by atoms with Crippen molar-refractivity contribution in [3.05, 3.63) is 0 Å². The van der Waals surface area contributed by atoms with E-state index in [0.717, 1.165) is 31.6 Å². The van der Waals surface area contributed by atoms with Crippen molar-refractivity contribution in [3.63, 3.8) is 0 Å². The van der Waals surface area contributed by atoms with Gasteiger partial charge in [-0.2, -0.15) is 11.8 Å². The van der Waals surface area contributed by atoms with E-state index in [1.807, 2.05) is 11.8 Å². The maximum Gasteiger partial charge on any atom is 0.0783 e. The van der Waals surface area contributed by atoms with Crippen molar-refractivity contribution in [2.45, 2.75) is 56.8 Å². The van der Waals surface area contributed by atoms with Gasteiger partial charge in [-0.3, -0.25) is 11.3 Å². The van der Waals surface area contributed by atoms with Gasteiger partial charge in [0.25, 0.3) is 0 Å². The summed E-state index contributed by atoms with van der Waals surface area (Å²) in [6.07, 6.45) is 4.36. The number of hydrogen-bond acceptors (Lipinski definition) is 5. The molecule has 2 saturated heterocycles. The third-order valence-electron chi connectivity index (χ3n) is 4.65. The molecule has 3 N–H and O–H groups in total. The quantitative estimate of drug-likeness (QED) is 0.598. The van der Waals surface area contributed by atoms with Crippen LogP contribution in [0, 0.1) is 5.92 Å². The van der Waals surface area contributed by atoms with Crippen LogP contribution < -0.4 is 11.3 Å². The zero-order chi connectivity index (χ0) is 13.9. The van der Waals surface area contributed by atoms with Crippen molar-refractivity contribution < 1.29 is 9.47 Å². The maximum atomic E-state index is 6.09. The summed E-state index contributed by atoms with van der Waals surface area (Å²) in [5.41, 5.74) is 3.02. The lowest BCUT2D eigenvalue weighted by atomic mass is 9.78. The normalized spacial score (nSPS) is 33.8. The van der Waals surface area contributed by atoms with Gasteiger partial charge in [0.05, 0.1) is 11.2 Å². The van der Waals surface area contributed by atoms with Gasteiger partial charge in [-0.05, 0) is 51.2 Å². The van der Waals surface area contributed by atoms with Gasteiger partial charge >= 0.3 is 0 Å². The summed E-state index contributed by atoms with van der Waals surface area (Å²) in [6.45, 7) is 5.12. The Bertz CT molecular complexity index is 293. The molecule has 19 heavy (non-hydrogen) atoms. The molecule has 0 bridgehead atoms. The van der Waals surface area contributed by atoms with E-state index >= 15 is 0 Å². The molecule has 0 aliphatic carbocycles. The van der Waals surface area contributed by atoms with Crippen LogP contribution in [-0.4, -0.2) is 42.5 Å². The van der Waals surface area contributed by atoms with Gasteiger partial charge < -0.3 is 9.47 Å². The van der Waals surface area contributed by atoms with Crippen LogP contribution >= 0.6 is 11.8 Å². The van der Waals surface area contributed by atoms with Gasteiger partial charge in [-0.15, -0.1) is 0 Å². The topological polar surface area (TPSA) is 56.5 Å². The van der Waals surface area contributed by atoms with Crippen LogP contribution in [0.1, 0.15) is 39.5 Å². The number of rotatable bonds is 5. The van der Waals surface area contributed by atoms with Crippen molar-refractivity contribution in [2.75, 3.05) is 25.2 Å². The molecule has 2 aliphatic rings. The fourth-order valence-corrected chi connectivity index (χ4v) is 4.63. The van der Waals surface area contributed by atoms with Crippen LogP contribution in [-0.2, 0) is 9.47 Å². The predicted octanol–water partition coefficient (Wildman–Crippen LogP) is 1.94. The van der Waals surface area contributed by atoms with E-state index in [4.69, 9.17) is 15.3 Å². The Morgan fingerprint density at radius 3 is 2.95 bits per heavy atom. The molecule has 0 amide bonds. The second-order valence-corrected chi connectivity index (χ2v) is 7.63. The van der Waals surface area contributed by atoms with Crippen molar-refractivity contribution >= 4 is 11.8 Å². The van der Waals surface area contributed by atoms with E-state index in [1.54, 1.807) is 7.11 Å². The number of nitrogens with two attached hydrogens (primary N) is 1. The van der Waals surface area contributed by atoms with E-state index in [9.17, 15) is 0 Å². The SMILES string of the molecule is COC(C)(C)CC(NN)C1CCOC2(CCSC2)C1. The maximum absolute atomic E-state index is 6.09. The van der Waals surface area contributed by atoms with E-state index in [0.29, 0.717) is 12.0 Å². The lowest BCUT2D eigenvalue weighted by Crippen LogP contribution is -2.51. The molecule has 1 spiro atoms. The minimum atomic E-state index is -0.132. The molecule has 0 aromatic heterocycles. The Kier molecular flexibility index (Phi) is 5.17. The number of thioether (sulfide) groups is 1. The molecule has 2 fully saturated rings. The molecule has 5 heteroatoms. The molecule has 3 atom stereocenters. The standard InChI is InChI=1S/C14H28N2O2S/c1-13(2,17-3)9-12(16-15)11-4-6-18-14(8-11)5-7-19-10-14/h11-12,16H,4-10,15H2,1-3H3. The van der Waals surface area contributed by atoms with Crippen molar-refractivity contribution in [3.8, 4) is 0 Å². The zero-order valence-electron chi connectivity index (χ0n) is 12.4. The first kappa shape index (κ1) is 15.6. The van der Waals surface area contributed by atoms with Crippen LogP contribution in [0.2, 0.25) is 0 Å². The fraction of sp³-hybridized carbons (Fsp3) is 1.00. The summed E-state index contributed by atoms with van der Waals surface area (Å²) in [5.74, 6) is 8.77. The molecule has 4 nitrogen and oxygen atoms in total. The van der Waals surface area contributed by atoms with Crippen molar-refractivity contribution in [1.82, 2.24) is 5.43 Å². The fourth-order valence-electron chi connectivity index (χ4n) is 3.25. The van der Waals surface area contributed by atoms with E-state index < -0.39 is 0 Å². The summed E-state index contributed by atoms with van der Waals surface area (Å²) in [5, 5.41) is 0. The largest absolute Gasteiger partial charge is 0.379 e. The molecule has 2 rings (SSSR count). The van der Waals surface area contributed by atoms with E-state index in [-0.39, 0.29) is 11.2 Å². The van der Waals surface area contributed by atoms with E-state index in [1.165, 1.54) is 12.2 Å². The summed E-state index contributed by atoms with van der Waals surface area (Å²) < 4.78 is 11.6. The first-order valence-corrected chi connectivity index (χ1v) is 8.39. The average molecular weight is 288 g/mol. The van der Waals surface area contributed by atoms with Crippen LogP contribution in [0.4, 0.5) is 0 Å². The van der Waals surface area contributed by atoms with Gasteiger partial charge in [0, 0.05) is 25.5 Å². The summed E-state index contributed by atoms with van der Waals surface area (Å²) in [6, 6.07) is 0.307. The highest BCUT2D eigenvalue weighted by molar-refractivity contribution is 7.99. The molecule has 3 unspecified atom stereocenters. The monoisotopic (exact) mass is 288 g/mol. The highest BCUT2D eigenvalue weighted by Gasteiger charge is 2.43. The van der Waals surface area contributed by atoms with Gasteiger partial charge in [0.15, 0.2) is 0 Å². The molecular formula is C14H28N2O2S. The first-order valence-electron chi connectivity index (χ1n) is 7.23. The van der Waals surface area contributed by atoms with Crippen LogP contribution in [0.5, 0.6) is 0 Å².